The molecular formula is C40H53F2N5O6. The van der Waals surface area contributed by atoms with E-state index in [4.69, 9.17) is 4.74 Å². The second kappa shape index (κ2) is 19.2. The van der Waals surface area contributed by atoms with Crippen LogP contribution < -0.4 is 16.0 Å². The molecule has 0 fully saturated rings. The number of halogens is 2. The Balaban J connectivity index is 1.70. The summed E-state index contributed by atoms with van der Waals surface area (Å²) in [6.45, 7) is 12.2. The molecule has 3 aromatic rings. The van der Waals surface area contributed by atoms with Crippen molar-refractivity contribution in [3.63, 3.8) is 0 Å². The van der Waals surface area contributed by atoms with Gasteiger partial charge in [-0.25, -0.2) is 8.78 Å². The van der Waals surface area contributed by atoms with Crippen molar-refractivity contribution in [3.05, 3.63) is 83.7 Å². The van der Waals surface area contributed by atoms with Gasteiger partial charge < -0.3 is 30.0 Å². The Hall–Kier alpha value is -4.91. The zero-order valence-corrected chi connectivity index (χ0v) is 31.7. The number of amides is 3. The van der Waals surface area contributed by atoms with Crippen molar-refractivity contribution in [2.75, 3.05) is 20.1 Å². The van der Waals surface area contributed by atoms with Gasteiger partial charge in [0.15, 0.2) is 0 Å². The molecule has 0 bridgehead atoms. The number of ether oxygens (including phenoxy) is 1. The summed E-state index contributed by atoms with van der Waals surface area (Å²) in [5, 5.41) is 7.79. The molecule has 0 aliphatic rings. The summed E-state index contributed by atoms with van der Waals surface area (Å²) in [5.74, 6) is -2.54. The summed E-state index contributed by atoms with van der Waals surface area (Å²) >= 11 is 0. The molecule has 13 heteroatoms. The summed E-state index contributed by atoms with van der Waals surface area (Å²) in [7, 11) is 1.91. The SMILES string of the molecule is CN(CCC(NC=O)C(=O)NCCC(=O)N[C@@H](C=O)CCC(=O)OC(C)(C)C)C(c1cc(-c2cc(F)ccc2F)cn1Cc1ccccc1)C(C)(C)C. The van der Waals surface area contributed by atoms with E-state index in [9.17, 15) is 32.8 Å². The summed E-state index contributed by atoms with van der Waals surface area (Å²) in [6, 6.07) is 13.0. The third kappa shape index (κ3) is 13.5. The van der Waals surface area contributed by atoms with E-state index in [0.717, 1.165) is 23.4 Å². The van der Waals surface area contributed by atoms with Crippen LogP contribution in [0, 0.1) is 17.0 Å². The van der Waals surface area contributed by atoms with E-state index < -0.39 is 47.1 Å². The molecule has 0 radical (unpaired) electrons. The molecular weight excluding hydrogens is 684 g/mol. The molecule has 288 valence electrons. The lowest BCUT2D eigenvalue weighted by molar-refractivity contribution is -0.155. The van der Waals surface area contributed by atoms with Crippen molar-refractivity contribution in [1.82, 2.24) is 25.4 Å². The predicted molar refractivity (Wildman–Crippen MR) is 198 cm³/mol. The number of esters is 1. The predicted octanol–water partition coefficient (Wildman–Crippen LogP) is 5.32. The summed E-state index contributed by atoms with van der Waals surface area (Å²) in [5.41, 5.74) is 1.53. The first kappa shape index (κ1) is 42.5. The van der Waals surface area contributed by atoms with E-state index in [2.05, 4.69) is 41.6 Å². The summed E-state index contributed by atoms with van der Waals surface area (Å²) in [6.07, 6.45) is 2.94. The van der Waals surface area contributed by atoms with Crippen LogP contribution in [0.3, 0.4) is 0 Å². The van der Waals surface area contributed by atoms with Crippen LogP contribution in [-0.4, -0.2) is 77.8 Å². The minimum absolute atomic E-state index is 0.0488. The first-order chi connectivity index (χ1) is 24.9. The van der Waals surface area contributed by atoms with E-state index in [0.29, 0.717) is 31.3 Å². The maximum atomic E-state index is 15.0. The second-order valence-electron chi connectivity index (χ2n) is 15.2. The average molecular weight is 738 g/mol. The van der Waals surface area contributed by atoms with Crippen molar-refractivity contribution in [1.29, 1.82) is 0 Å². The molecule has 3 atom stereocenters. The van der Waals surface area contributed by atoms with Gasteiger partial charge in [-0.05, 0) is 75.9 Å². The lowest BCUT2D eigenvalue weighted by Gasteiger charge is -2.39. The van der Waals surface area contributed by atoms with Gasteiger partial charge in [-0.15, -0.1) is 0 Å². The molecule has 3 rings (SSSR count). The van der Waals surface area contributed by atoms with Crippen molar-refractivity contribution >= 4 is 30.5 Å². The van der Waals surface area contributed by atoms with Gasteiger partial charge >= 0.3 is 5.97 Å². The van der Waals surface area contributed by atoms with E-state index >= 15 is 0 Å². The van der Waals surface area contributed by atoms with Crippen LogP contribution in [-0.2, 0) is 35.3 Å². The van der Waals surface area contributed by atoms with E-state index in [1.807, 2.05) is 54.2 Å². The third-order valence-corrected chi connectivity index (χ3v) is 8.50. The fourth-order valence-corrected chi connectivity index (χ4v) is 6.25. The fraction of sp³-hybridized carbons (Fsp3) is 0.475. The number of aldehydes is 1. The molecule has 0 saturated heterocycles. The molecule has 2 unspecified atom stereocenters. The maximum Gasteiger partial charge on any atom is 0.306 e. The van der Waals surface area contributed by atoms with Crippen LogP contribution >= 0.6 is 0 Å². The Morgan fingerprint density at radius 1 is 0.943 bits per heavy atom. The van der Waals surface area contributed by atoms with Crippen molar-refractivity contribution in [3.8, 4) is 11.1 Å². The number of hydrogen-bond donors (Lipinski definition) is 3. The van der Waals surface area contributed by atoms with Gasteiger partial charge in [-0.1, -0.05) is 51.1 Å². The van der Waals surface area contributed by atoms with E-state index in [1.165, 1.54) is 6.07 Å². The van der Waals surface area contributed by atoms with E-state index in [1.54, 1.807) is 20.8 Å². The van der Waals surface area contributed by atoms with Gasteiger partial charge in [0.05, 0.1) is 12.1 Å². The number of nitrogens with zero attached hydrogens (tertiary/aromatic N) is 2. The minimum atomic E-state index is -0.914. The average Bonchev–Trinajstić information content (AvgIpc) is 3.47. The lowest BCUT2D eigenvalue weighted by Crippen LogP contribution is -2.47. The van der Waals surface area contributed by atoms with Crippen LogP contribution in [0.15, 0.2) is 60.8 Å². The van der Waals surface area contributed by atoms with Crippen molar-refractivity contribution < 1.29 is 37.5 Å². The molecule has 2 aromatic carbocycles. The third-order valence-electron chi connectivity index (χ3n) is 8.50. The number of hydrogen-bond acceptors (Lipinski definition) is 7. The zero-order valence-electron chi connectivity index (χ0n) is 31.7. The first-order valence-corrected chi connectivity index (χ1v) is 17.8. The highest BCUT2D eigenvalue weighted by Crippen LogP contribution is 2.40. The standard InChI is InChI=1S/C40H53F2N5O6/c1-39(2,3)37(34-21-28(31-22-29(41)13-15-32(31)42)24-47(34)23-27-11-9-8-10-12-27)46(7)20-18-33(44-26-49)38(52)43-19-17-35(50)45-30(25-48)14-16-36(51)53-40(4,5)6/h8-13,15,21-22,24-26,30,33,37H,14,16-20,23H2,1-7H3,(H,43,52)(H,44,49)(H,45,50)/t30-,33?,37?/m1/s1. The first-order valence-electron chi connectivity index (χ1n) is 17.8. The van der Waals surface area contributed by atoms with Crippen LogP contribution in [0.1, 0.15) is 84.5 Å². The molecule has 3 N–H and O–H groups in total. The molecule has 1 aromatic heterocycles. The minimum Gasteiger partial charge on any atom is -0.460 e. The van der Waals surface area contributed by atoms with Crippen LogP contribution in [0.2, 0.25) is 0 Å². The quantitative estimate of drug-likeness (QED) is 0.112. The lowest BCUT2D eigenvalue weighted by atomic mass is 9.83. The smallest absolute Gasteiger partial charge is 0.306 e. The highest BCUT2D eigenvalue weighted by molar-refractivity contribution is 5.85. The Morgan fingerprint density at radius 2 is 1.64 bits per heavy atom. The Kier molecular flexibility index (Phi) is 15.4. The molecule has 53 heavy (non-hydrogen) atoms. The zero-order chi connectivity index (χ0) is 39.3. The maximum absolute atomic E-state index is 15.0. The second-order valence-corrected chi connectivity index (χ2v) is 15.2. The number of aromatic nitrogens is 1. The van der Waals surface area contributed by atoms with Gasteiger partial charge in [0.25, 0.3) is 0 Å². The number of nitrogens with one attached hydrogen (secondary N) is 3. The fourth-order valence-electron chi connectivity index (χ4n) is 6.25. The van der Waals surface area contributed by atoms with Crippen LogP contribution in [0.4, 0.5) is 8.78 Å². The number of carbonyl (C=O) groups excluding carboxylic acids is 5. The van der Waals surface area contributed by atoms with Crippen molar-refractivity contribution in [2.24, 2.45) is 5.41 Å². The van der Waals surface area contributed by atoms with Gasteiger partial charge in [0, 0.05) is 55.5 Å². The van der Waals surface area contributed by atoms with Gasteiger partial charge in [0.2, 0.25) is 18.2 Å². The molecule has 11 nitrogen and oxygen atoms in total. The molecule has 3 amide bonds. The monoisotopic (exact) mass is 737 g/mol. The highest BCUT2D eigenvalue weighted by Gasteiger charge is 2.34. The highest BCUT2D eigenvalue weighted by atomic mass is 19.1. The Bertz CT molecular complexity index is 1700. The molecule has 0 spiro atoms. The van der Waals surface area contributed by atoms with Gasteiger partial charge in [-0.2, -0.15) is 0 Å². The largest absolute Gasteiger partial charge is 0.460 e. The van der Waals surface area contributed by atoms with Gasteiger partial charge in [-0.3, -0.25) is 24.1 Å². The summed E-state index contributed by atoms with van der Waals surface area (Å²) < 4.78 is 36.5. The number of rotatable bonds is 19. The number of benzene rings is 2. The normalized spacial score (nSPS) is 13.5. The molecule has 0 aliphatic carbocycles. The topological polar surface area (TPSA) is 139 Å². The molecule has 0 saturated carbocycles. The molecule has 0 aliphatic heterocycles. The van der Waals surface area contributed by atoms with Crippen LogP contribution in [0.25, 0.3) is 11.1 Å². The van der Waals surface area contributed by atoms with E-state index in [-0.39, 0.29) is 49.2 Å². The summed E-state index contributed by atoms with van der Waals surface area (Å²) in [4.78, 5) is 62.7. The van der Waals surface area contributed by atoms with Crippen LogP contribution in [0.5, 0.6) is 0 Å². The van der Waals surface area contributed by atoms with Gasteiger partial charge in [0.1, 0.15) is 29.6 Å². The van der Waals surface area contributed by atoms with Crippen molar-refractivity contribution in [2.45, 2.75) is 97.5 Å². The molecule has 1 heterocycles. The number of carbonyl (C=O) groups is 5. The Labute approximate surface area is 310 Å². The Morgan fingerprint density at radius 3 is 2.26 bits per heavy atom.